The summed E-state index contributed by atoms with van der Waals surface area (Å²) in [5.74, 6) is 0. The molecule has 0 spiro atoms. The van der Waals surface area contributed by atoms with E-state index in [-0.39, 0.29) is 0 Å². The number of hydrogen-bond donors (Lipinski definition) is 2. The van der Waals surface area contributed by atoms with Crippen LogP contribution in [0, 0.1) is 0 Å². The molecule has 4 heteroatoms. The zero-order chi connectivity index (χ0) is 14.2. The Hall–Kier alpha value is -2.20. The van der Waals surface area contributed by atoms with E-state index in [1.165, 1.54) is 12.8 Å². The molecule has 1 saturated carbocycles. The number of benzene rings is 2. The second-order valence-electron chi connectivity index (χ2n) is 5.46. The molecule has 21 heavy (non-hydrogen) atoms. The summed E-state index contributed by atoms with van der Waals surface area (Å²) in [5, 5.41) is 9.51. The van der Waals surface area contributed by atoms with E-state index in [0.29, 0.717) is 11.2 Å². The van der Waals surface area contributed by atoms with Crippen LogP contribution in [-0.2, 0) is 0 Å². The van der Waals surface area contributed by atoms with Crippen LogP contribution in [0.5, 0.6) is 0 Å². The van der Waals surface area contributed by atoms with Gasteiger partial charge in [-0.25, -0.2) is 4.98 Å². The Morgan fingerprint density at radius 3 is 2.67 bits per heavy atom. The highest BCUT2D eigenvalue weighted by molar-refractivity contribution is 7.80. The molecule has 2 aromatic carbocycles. The maximum atomic E-state index is 5.31. The lowest BCUT2D eigenvalue weighted by molar-refractivity contribution is 0.919. The highest BCUT2D eigenvalue weighted by Crippen LogP contribution is 2.23. The average Bonchev–Trinajstić information content (AvgIpc) is 3.29. The van der Waals surface area contributed by atoms with Crippen molar-refractivity contribution in [2.24, 2.45) is 0 Å². The molecule has 3 nitrogen and oxygen atoms in total. The van der Waals surface area contributed by atoms with Gasteiger partial charge in [0, 0.05) is 22.5 Å². The van der Waals surface area contributed by atoms with Gasteiger partial charge in [0.25, 0.3) is 0 Å². The number of anilines is 1. The van der Waals surface area contributed by atoms with Crippen molar-refractivity contribution in [3.63, 3.8) is 0 Å². The number of pyridine rings is 1. The zero-order valence-corrected chi connectivity index (χ0v) is 12.3. The first-order valence-electron chi connectivity index (χ1n) is 7.15. The molecule has 0 atom stereocenters. The van der Waals surface area contributed by atoms with E-state index in [0.717, 1.165) is 27.5 Å². The van der Waals surface area contributed by atoms with E-state index in [1.807, 2.05) is 30.3 Å². The van der Waals surface area contributed by atoms with Crippen LogP contribution in [0.4, 0.5) is 5.69 Å². The minimum absolute atomic E-state index is 0.563. The van der Waals surface area contributed by atoms with E-state index >= 15 is 0 Å². The predicted octanol–water partition coefficient (Wildman–Crippen LogP) is 3.84. The molecule has 0 bridgehead atoms. The van der Waals surface area contributed by atoms with Crippen molar-refractivity contribution in [3.05, 3.63) is 48.5 Å². The largest absolute Gasteiger partial charge is 0.360 e. The zero-order valence-electron chi connectivity index (χ0n) is 11.5. The number of rotatable bonds is 2. The van der Waals surface area contributed by atoms with Crippen molar-refractivity contribution in [1.29, 1.82) is 0 Å². The number of fused-ring (bicyclic) bond motifs is 2. The van der Waals surface area contributed by atoms with Crippen LogP contribution >= 0.6 is 12.2 Å². The van der Waals surface area contributed by atoms with Crippen LogP contribution in [0.1, 0.15) is 12.8 Å². The fourth-order valence-corrected chi connectivity index (χ4v) is 2.71. The average molecular weight is 293 g/mol. The third kappa shape index (κ3) is 2.67. The normalized spacial score (nSPS) is 14.3. The quantitative estimate of drug-likeness (QED) is 0.556. The van der Waals surface area contributed by atoms with Gasteiger partial charge >= 0.3 is 0 Å². The van der Waals surface area contributed by atoms with Gasteiger partial charge in [0.05, 0.1) is 11.0 Å². The summed E-state index contributed by atoms with van der Waals surface area (Å²) in [6, 6.07) is 17.1. The first-order valence-corrected chi connectivity index (χ1v) is 7.56. The molecule has 3 aromatic rings. The maximum absolute atomic E-state index is 5.31. The Labute approximate surface area is 128 Å². The fraction of sp³-hybridized carbons (Fsp3) is 0.176. The lowest BCUT2D eigenvalue weighted by atomic mass is 10.1. The minimum Gasteiger partial charge on any atom is -0.360 e. The monoisotopic (exact) mass is 293 g/mol. The first kappa shape index (κ1) is 12.5. The number of hydrogen-bond acceptors (Lipinski definition) is 2. The molecule has 1 fully saturated rings. The Balaban J connectivity index is 1.67. The Bertz CT molecular complexity index is 840. The summed E-state index contributed by atoms with van der Waals surface area (Å²) >= 11 is 5.31. The van der Waals surface area contributed by atoms with Crippen LogP contribution in [0.2, 0.25) is 0 Å². The third-order valence-electron chi connectivity index (χ3n) is 3.69. The smallest absolute Gasteiger partial charge is 0.170 e. The SMILES string of the molecule is S=C(Nc1ccc2cc3ccccc3nc2c1)NC1CC1. The van der Waals surface area contributed by atoms with Crippen molar-refractivity contribution in [2.45, 2.75) is 18.9 Å². The number of thiocarbonyl (C=S) groups is 1. The second-order valence-corrected chi connectivity index (χ2v) is 5.87. The number of aromatic nitrogens is 1. The molecule has 1 aromatic heterocycles. The van der Waals surface area contributed by atoms with E-state index in [1.54, 1.807) is 0 Å². The molecule has 1 heterocycles. The molecule has 0 radical (unpaired) electrons. The summed E-state index contributed by atoms with van der Waals surface area (Å²) in [6.07, 6.45) is 2.43. The Morgan fingerprint density at radius 1 is 1.00 bits per heavy atom. The van der Waals surface area contributed by atoms with E-state index < -0.39 is 0 Å². The molecule has 4 rings (SSSR count). The molecule has 0 saturated heterocycles. The molecular weight excluding hydrogens is 278 g/mol. The molecule has 1 aliphatic rings. The highest BCUT2D eigenvalue weighted by atomic mass is 32.1. The third-order valence-corrected chi connectivity index (χ3v) is 3.91. The van der Waals surface area contributed by atoms with Crippen molar-refractivity contribution >= 4 is 44.8 Å². The highest BCUT2D eigenvalue weighted by Gasteiger charge is 2.21. The van der Waals surface area contributed by atoms with Gasteiger partial charge in [-0.1, -0.05) is 24.3 Å². The Kier molecular flexibility index (Phi) is 2.97. The molecule has 0 amide bonds. The summed E-state index contributed by atoms with van der Waals surface area (Å²) < 4.78 is 0. The summed E-state index contributed by atoms with van der Waals surface area (Å²) in [4.78, 5) is 4.72. The minimum atomic E-state index is 0.563. The van der Waals surface area contributed by atoms with Crippen LogP contribution in [0.15, 0.2) is 48.5 Å². The summed E-state index contributed by atoms with van der Waals surface area (Å²) in [6.45, 7) is 0. The van der Waals surface area contributed by atoms with Crippen molar-refractivity contribution < 1.29 is 0 Å². The molecule has 2 N–H and O–H groups in total. The number of para-hydroxylation sites is 1. The molecular formula is C17H15N3S. The van der Waals surface area contributed by atoms with Crippen LogP contribution in [0.3, 0.4) is 0 Å². The number of nitrogens with zero attached hydrogens (tertiary/aromatic N) is 1. The predicted molar refractivity (Wildman–Crippen MR) is 91.6 cm³/mol. The fourth-order valence-electron chi connectivity index (χ4n) is 2.43. The van der Waals surface area contributed by atoms with Crippen LogP contribution in [-0.4, -0.2) is 16.1 Å². The van der Waals surface area contributed by atoms with Gasteiger partial charge in [0.15, 0.2) is 5.11 Å². The van der Waals surface area contributed by atoms with E-state index in [9.17, 15) is 0 Å². The van der Waals surface area contributed by atoms with Gasteiger partial charge in [0.1, 0.15) is 0 Å². The van der Waals surface area contributed by atoms with E-state index in [2.05, 4.69) is 28.8 Å². The van der Waals surface area contributed by atoms with Gasteiger partial charge in [-0.15, -0.1) is 0 Å². The van der Waals surface area contributed by atoms with Gasteiger partial charge in [-0.05, 0) is 49.3 Å². The van der Waals surface area contributed by atoms with Gasteiger partial charge in [-0.2, -0.15) is 0 Å². The van der Waals surface area contributed by atoms with Crippen LogP contribution in [0.25, 0.3) is 21.8 Å². The van der Waals surface area contributed by atoms with Crippen molar-refractivity contribution in [2.75, 3.05) is 5.32 Å². The van der Waals surface area contributed by atoms with E-state index in [4.69, 9.17) is 17.2 Å². The second kappa shape index (κ2) is 4.97. The first-order chi connectivity index (χ1) is 10.3. The van der Waals surface area contributed by atoms with Crippen molar-refractivity contribution in [3.8, 4) is 0 Å². The van der Waals surface area contributed by atoms with Gasteiger partial charge in [0.2, 0.25) is 0 Å². The Morgan fingerprint density at radius 2 is 1.81 bits per heavy atom. The molecule has 104 valence electrons. The molecule has 1 aliphatic carbocycles. The van der Waals surface area contributed by atoms with Gasteiger partial charge < -0.3 is 10.6 Å². The molecule has 0 unspecified atom stereocenters. The number of nitrogens with one attached hydrogen (secondary N) is 2. The van der Waals surface area contributed by atoms with Gasteiger partial charge in [-0.3, -0.25) is 0 Å². The summed E-state index contributed by atoms with van der Waals surface area (Å²) in [5.41, 5.74) is 2.97. The topological polar surface area (TPSA) is 37.0 Å². The summed E-state index contributed by atoms with van der Waals surface area (Å²) in [7, 11) is 0. The standard InChI is InChI=1S/C17H15N3S/c21-17(18-13-7-8-13)19-14-6-5-12-9-11-3-1-2-4-15(11)20-16(12)10-14/h1-6,9-10,13H,7-8H2,(H2,18,19,21). The molecule has 0 aliphatic heterocycles. The maximum Gasteiger partial charge on any atom is 0.170 e. The van der Waals surface area contributed by atoms with Crippen molar-refractivity contribution in [1.82, 2.24) is 10.3 Å². The van der Waals surface area contributed by atoms with Crippen LogP contribution < -0.4 is 10.6 Å². The lowest BCUT2D eigenvalue weighted by Crippen LogP contribution is -2.30. The lowest BCUT2D eigenvalue weighted by Gasteiger charge is -2.10.